The van der Waals surface area contributed by atoms with Crippen LogP contribution in [0.25, 0.3) is 11.5 Å². The Kier molecular flexibility index (Phi) is 7.09. The van der Waals surface area contributed by atoms with Gasteiger partial charge in [-0.05, 0) is 18.6 Å². The largest absolute Gasteiger partial charge is 0.458 e. The highest BCUT2D eigenvalue weighted by Gasteiger charge is 2.09. The third-order valence-corrected chi connectivity index (χ3v) is 4.16. The van der Waals surface area contributed by atoms with Gasteiger partial charge >= 0.3 is 0 Å². The van der Waals surface area contributed by atoms with Crippen molar-refractivity contribution in [2.24, 2.45) is 16.5 Å². The average Bonchev–Trinajstić information content (AvgIpc) is 3.19. The number of hydrogen-bond donors (Lipinski definition) is 3. The van der Waals surface area contributed by atoms with E-state index in [0.29, 0.717) is 23.4 Å². The minimum atomic E-state index is 0.382. The third kappa shape index (κ3) is 5.69. The van der Waals surface area contributed by atoms with Crippen molar-refractivity contribution in [3.05, 3.63) is 23.3 Å². The van der Waals surface area contributed by atoms with Gasteiger partial charge in [-0.3, -0.25) is 4.99 Å². The molecule has 126 valence electrons. The molecule has 0 radical (unpaired) electrons. The molecule has 2 rings (SSSR count). The molecule has 2 aromatic heterocycles. The first-order valence-corrected chi connectivity index (χ1v) is 8.92. The first-order chi connectivity index (χ1) is 11.2. The quantitative estimate of drug-likeness (QED) is 0.369. The Morgan fingerprint density at radius 2 is 2.13 bits per heavy atom. The topological polar surface area (TPSA) is 102 Å². The van der Waals surface area contributed by atoms with E-state index < -0.39 is 0 Å². The lowest BCUT2D eigenvalue weighted by Gasteiger charge is -2.01. The minimum absolute atomic E-state index is 0.382. The molecule has 5 N–H and O–H groups in total. The monoisotopic (exact) mass is 335 g/mol. The smallest absolute Gasteiger partial charge is 0.194 e. The van der Waals surface area contributed by atoms with Crippen LogP contribution in [0.5, 0.6) is 0 Å². The number of anilines is 1. The van der Waals surface area contributed by atoms with E-state index in [4.69, 9.17) is 15.9 Å². The Balaban J connectivity index is 1.81. The summed E-state index contributed by atoms with van der Waals surface area (Å²) in [5.41, 5.74) is 12.2. The summed E-state index contributed by atoms with van der Waals surface area (Å²) in [7, 11) is 0. The minimum Gasteiger partial charge on any atom is -0.458 e. The van der Waals surface area contributed by atoms with Crippen LogP contribution < -0.4 is 16.8 Å². The molecule has 23 heavy (non-hydrogen) atoms. The van der Waals surface area contributed by atoms with E-state index in [1.165, 1.54) is 37.0 Å². The molecule has 7 heteroatoms. The Hall–Kier alpha value is -1.86. The van der Waals surface area contributed by atoms with E-state index in [2.05, 4.69) is 22.2 Å². The second kappa shape index (κ2) is 9.32. The highest BCUT2D eigenvalue weighted by atomic mass is 32.1. The molecule has 0 unspecified atom stereocenters. The fourth-order valence-corrected chi connectivity index (χ4v) is 2.84. The van der Waals surface area contributed by atoms with E-state index >= 15 is 0 Å². The van der Waals surface area contributed by atoms with Crippen molar-refractivity contribution in [1.29, 1.82) is 0 Å². The van der Waals surface area contributed by atoms with Gasteiger partial charge in [0.25, 0.3) is 0 Å². The summed E-state index contributed by atoms with van der Waals surface area (Å²) in [6, 6.07) is 3.73. The number of aliphatic imine (C=N–C) groups is 1. The van der Waals surface area contributed by atoms with Crippen molar-refractivity contribution < 1.29 is 4.42 Å². The van der Waals surface area contributed by atoms with Gasteiger partial charge in [0, 0.05) is 11.9 Å². The molecule has 0 spiro atoms. The summed E-state index contributed by atoms with van der Waals surface area (Å²) in [5, 5.41) is 5.65. The molecular weight excluding hydrogens is 310 g/mol. The summed E-state index contributed by atoms with van der Waals surface area (Å²) >= 11 is 1.47. The fraction of sp³-hybridized carbons (Fsp3) is 0.500. The molecule has 0 aliphatic heterocycles. The number of thiazole rings is 1. The van der Waals surface area contributed by atoms with Gasteiger partial charge in [0.05, 0.1) is 6.54 Å². The van der Waals surface area contributed by atoms with Crippen LogP contribution in [0.1, 0.15) is 44.8 Å². The van der Waals surface area contributed by atoms with E-state index in [1.54, 1.807) is 0 Å². The summed E-state index contributed by atoms with van der Waals surface area (Å²) < 4.78 is 5.58. The predicted octanol–water partition coefficient (Wildman–Crippen LogP) is 3.56. The van der Waals surface area contributed by atoms with Crippen molar-refractivity contribution in [2.45, 2.75) is 45.6 Å². The maximum atomic E-state index is 5.89. The average molecular weight is 335 g/mol. The number of hydrogen-bond acceptors (Lipinski definition) is 5. The second-order valence-electron chi connectivity index (χ2n) is 5.31. The van der Waals surface area contributed by atoms with E-state index in [1.807, 2.05) is 17.5 Å². The highest BCUT2D eigenvalue weighted by molar-refractivity contribution is 7.14. The lowest BCUT2D eigenvalue weighted by molar-refractivity contribution is 0.524. The molecular formula is C16H25N5OS. The van der Waals surface area contributed by atoms with Gasteiger partial charge in [-0.2, -0.15) is 0 Å². The van der Waals surface area contributed by atoms with E-state index in [0.717, 1.165) is 24.4 Å². The van der Waals surface area contributed by atoms with Crippen molar-refractivity contribution in [3.8, 4) is 11.5 Å². The van der Waals surface area contributed by atoms with Gasteiger partial charge in [0.2, 0.25) is 0 Å². The maximum absolute atomic E-state index is 5.89. The summed E-state index contributed by atoms with van der Waals surface area (Å²) in [6.07, 6.45) is 6.08. The molecule has 0 bridgehead atoms. The van der Waals surface area contributed by atoms with Crippen LogP contribution in [0.15, 0.2) is 26.9 Å². The molecule has 0 aromatic carbocycles. The zero-order valence-corrected chi connectivity index (χ0v) is 14.4. The number of nitrogens with two attached hydrogens (primary N) is 2. The zero-order valence-electron chi connectivity index (χ0n) is 13.5. The standard InChI is InChI=1S/C16H25N5OS/c1-2-3-4-5-6-9-19-15(18)21-16-20-13(11-23-16)14-8-7-12(10-17)22-14/h7-8,11H,2-6,9-10,17H2,1H3,(H3,18,19,20,21). The number of nitrogens with zero attached hydrogens (tertiary/aromatic N) is 2. The number of rotatable bonds is 9. The Bertz CT molecular complexity index is 620. The van der Waals surface area contributed by atoms with E-state index in [-0.39, 0.29) is 0 Å². The van der Waals surface area contributed by atoms with E-state index in [9.17, 15) is 0 Å². The highest BCUT2D eigenvalue weighted by Crippen LogP contribution is 2.26. The van der Waals surface area contributed by atoms with Crippen LogP contribution >= 0.6 is 11.3 Å². The second-order valence-corrected chi connectivity index (χ2v) is 6.17. The van der Waals surface area contributed by atoms with Gasteiger partial charge in [0.1, 0.15) is 11.5 Å². The first kappa shape index (κ1) is 17.5. The molecule has 6 nitrogen and oxygen atoms in total. The summed E-state index contributed by atoms with van der Waals surface area (Å²) in [5.74, 6) is 1.86. The SMILES string of the molecule is CCCCCCCN=C(N)Nc1nc(-c2ccc(CN)o2)cs1. The zero-order chi connectivity index (χ0) is 16.5. The predicted molar refractivity (Wildman–Crippen MR) is 96.6 cm³/mol. The summed E-state index contributed by atoms with van der Waals surface area (Å²) in [4.78, 5) is 8.78. The number of nitrogens with one attached hydrogen (secondary N) is 1. The molecule has 0 saturated carbocycles. The third-order valence-electron chi connectivity index (χ3n) is 3.40. The lowest BCUT2D eigenvalue weighted by atomic mass is 10.2. The number of aromatic nitrogens is 1. The molecule has 0 fully saturated rings. The van der Waals surface area contributed by atoms with Gasteiger partial charge in [-0.1, -0.05) is 32.6 Å². The van der Waals surface area contributed by atoms with Crippen LogP contribution in [0.2, 0.25) is 0 Å². The number of furan rings is 1. The fourth-order valence-electron chi connectivity index (χ4n) is 2.13. The normalized spacial score (nSPS) is 11.8. The van der Waals surface area contributed by atoms with Crippen LogP contribution in [0.3, 0.4) is 0 Å². The van der Waals surface area contributed by atoms with Gasteiger partial charge in [0.15, 0.2) is 16.9 Å². The molecule has 0 amide bonds. The van der Waals surface area contributed by atoms with Crippen LogP contribution in [0.4, 0.5) is 5.13 Å². The van der Waals surface area contributed by atoms with Crippen LogP contribution in [-0.2, 0) is 6.54 Å². The van der Waals surface area contributed by atoms with Gasteiger partial charge < -0.3 is 21.2 Å². The van der Waals surface area contributed by atoms with Crippen molar-refractivity contribution >= 4 is 22.4 Å². The van der Waals surface area contributed by atoms with Gasteiger partial charge in [-0.25, -0.2) is 4.98 Å². The Morgan fingerprint density at radius 3 is 2.87 bits per heavy atom. The van der Waals surface area contributed by atoms with Crippen molar-refractivity contribution in [2.75, 3.05) is 11.9 Å². The molecule has 0 aliphatic carbocycles. The summed E-state index contributed by atoms with van der Waals surface area (Å²) in [6.45, 7) is 3.34. The van der Waals surface area contributed by atoms with Gasteiger partial charge in [-0.15, -0.1) is 11.3 Å². The lowest BCUT2D eigenvalue weighted by Crippen LogP contribution is -2.22. The van der Waals surface area contributed by atoms with Crippen molar-refractivity contribution in [1.82, 2.24) is 4.98 Å². The molecule has 0 aliphatic rings. The molecule has 2 heterocycles. The number of guanidine groups is 1. The Morgan fingerprint density at radius 1 is 1.30 bits per heavy atom. The van der Waals surface area contributed by atoms with Crippen LogP contribution in [-0.4, -0.2) is 17.5 Å². The molecule has 2 aromatic rings. The number of unbranched alkanes of at least 4 members (excludes halogenated alkanes) is 4. The first-order valence-electron chi connectivity index (χ1n) is 8.04. The Labute approximate surface area is 141 Å². The van der Waals surface area contributed by atoms with Crippen LogP contribution in [0, 0.1) is 0 Å². The molecule has 0 saturated heterocycles. The van der Waals surface area contributed by atoms with Crippen molar-refractivity contribution in [3.63, 3.8) is 0 Å². The molecule has 0 atom stereocenters. The maximum Gasteiger partial charge on any atom is 0.194 e.